The molecule has 2 bridgehead atoms. The Hall–Kier alpha value is -2.60. The third kappa shape index (κ3) is 4.08. The number of piperidine rings is 1. The molecule has 0 aromatic heterocycles. The van der Waals surface area contributed by atoms with E-state index >= 15 is 0 Å². The molecule has 1 amide bonds. The number of hydrogen-bond donors (Lipinski definition) is 1. The van der Waals surface area contributed by atoms with E-state index in [2.05, 4.69) is 10.2 Å². The Morgan fingerprint density at radius 3 is 2.38 bits per heavy atom. The van der Waals surface area contributed by atoms with E-state index in [-0.39, 0.29) is 17.8 Å². The monoisotopic (exact) mass is 398 g/mol. The van der Waals surface area contributed by atoms with E-state index in [1.54, 1.807) is 32.4 Å². The molecule has 0 aliphatic carbocycles. The van der Waals surface area contributed by atoms with Gasteiger partial charge in [0, 0.05) is 24.7 Å². The molecular formula is C23H27FN2O3. The van der Waals surface area contributed by atoms with Crippen molar-refractivity contribution in [3.63, 3.8) is 0 Å². The van der Waals surface area contributed by atoms with Crippen molar-refractivity contribution in [2.75, 3.05) is 14.2 Å². The van der Waals surface area contributed by atoms with Crippen molar-refractivity contribution < 1.29 is 18.7 Å². The summed E-state index contributed by atoms with van der Waals surface area (Å²) in [6, 6.07) is 13.1. The van der Waals surface area contributed by atoms with E-state index in [0.29, 0.717) is 29.1 Å². The minimum absolute atomic E-state index is 0.128. The maximum Gasteiger partial charge on any atom is 0.255 e. The molecule has 2 aromatic rings. The van der Waals surface area contributed by atoms with Gasteiger partial charge in [0.1, 0.15) is 5.82 Å². The van der Waals surface area contributed by atoms with Crippen LogP contribution < -0.4 is 14.8 Å². The van der Waals surface area contributed by atoms with Gasteiger partial charge in [-0.15, -0.1) is 0 Å². The third-order valence-electron chi connectivity index (χ3n) is 6.15. The average Bonchev–Trinajstić information content (AvgIpc) is 2.96. The first kappa shape index (κ1) is 19.7. The molecule has 0 saturated carbocycles. The van der Waals surface area contributed by atoms with E-state index < -0.39 is 0 Å². The van der Waals surface area contributed by atoms with Crippen LogP contribution in [0.3, 0.4) is 0 Å². The Kier molecular flexibility index (Phi) is 5.72. The summed E-state index contributed by atoms with van der Waals surface area (Å²) in [5, 5.41) is 3.20. The van der Waals surface area contributed by atoms with E-state index in [1.807, 2.05) is 12.1 Å². The molecule has 2 aliphatic rings. The number of fused-ring (bicyclic) bond motifs is 2. The maximum atomic E-state index is 13.2. The van der Waals surface area contributed by atoms with Gasteiger partial charge in [-0.05, 0) is 55.5 Å². The molecule has 5 nitrogen and oxygen atoms in total. The molecule has 4 rings (SSSR count). The number of carbonyl (C=O) groups is 1. The zero-order chi connectivity index (χ0) is 20.4. The highest BCUT2D eigenvalue weighted by atomic mass is 19.1. The molecule has 2 atom stereocenters. The number of nitrogens with one attached hydrogen (secondary N) is 1. The highest BCUT2D eigenvalue weighted by molar-refractivity contribution is 5.98. The number of halogens is 1. The number of benzene rings is 2. The first-order valence-electron chi connectivity index (χ1n) is 10.1. The van der Waals surface area contributed by atoms with Crippen LogP contribution in [0.4, 0.5) is 4.39 Å². The largest absolute Gasteiger partial charge is 0.493 e. The zero-order valence-electron chi connectivity index (χ0n) is 16.9. The summed E-state index contributed by atoms with van der Waals surface area (Å²) in [5.41, 5.74) is 1.62. The average molecular weight is 398 g/mol. The first-order valence-corrected chi connectivity index (χ1v) is 10.1. The number of methoxy groups -OCH3 is 2. The van der Waals surface area contributed by atoms with Crippen LogP contribution in [-0.4, -0.2) is 43.2 Å². The van der Waals surface area contributed by atoms with Crippen LogP contribution in [0, 0.1) is 5.82 Å². The minimum Gasteiger partial charge on any atom is -0.493 e. The first-order chi connectivity index (χ1) is 14.1. The Morgan fingerprint density at radius 1 is 1.07 bits per heavy atom. The molecule has 29 heavy (non-hydrogen) atoms. The Balaban J connectivity index is 1.41. The van der Waals surface area contributed by atoms with E-state index in [9.17, 15) is 9.18 Å². The van der Waals surface area contributed by atoms with Gasteiger partial charge in [-0.2, -0.15) is 0 Å². The molecule has 6 heteroatoms. The van der Waals surface area contributed by atoms with Gasteiger partial charge >= 0.3 is 0 Å². The van der Waals surface area contributed by atoms with Gasteiger partial charge in [-0.1, -0.05) is 18.2 Å². The molecular weight excluding hydrogens is 371 g/mol. The number of rotatable bonds is 6. The van der Waals surface area contributed by atoms with Crippen LogP contribution in [0.15, 0.2) is 42.5 Å². The quantitative estimate of drug-likeness (QED) is 0.805. The molecule has 2 unspecified atom stereocenters. The van der Waals surface area contributed by atoms with Crippen LogP contribution in [0.2, 0.25) is 0 Å². The summed E-state index contributed by atoms with van der Waals surface area (Å²) < 4.78 is 23.9. The number of ether oxygens (including phenoxy) is 2. The normalized spacial score (nSPS) is 23.6. The Labute approximate surface area is 170 Å². The molecule has 2 aliphatic heterocycles. The zero-order valence-corrected chi connectivity index (χ0v) is 16.9. The molecule has 2 saturated heterocycles. The van der Waals surface area contributed by atoms with Crippen LogP contribution in [0.5, 0.6) is 11.5 Å². The van der Waals surface area contributed by atoms with Gasteiger partial charge < -0.3 is 14.8 Å². The lowest BCUT2D eigenvalue weighted by molar-refractivity contribution is 0.0825. The third-order valence-corrected chi connectivity index (χ3v) is 6.15. The minimum atomic E-state index is -0.203. The smallest absolute Gasteiger partial charge is 0.255 e. The van der Waals surface area contributed by atoms with Crippen LogP contribution in [0.25, 0.3) is 0 Å². The summed E-state index contributed by atoms with van der Waals surface area (Å²) >= 11 is 0. The predicted octanol–water partition coefficient (Wildman–Crippen LogP) is 3.77. The van der Waals surface area contributed by atoms with Crippen LogP contribution in [-0.2, 0) is 6.54 Å². The number of carbonyl (C=O) groups excluding carboxylic acids is 1. The van der Waals surface area contributed by atoms with Gasteiger partial charge in [-0.25, -0.2) is 4.39 Å². The van der Waals surface area contributed by atoms with Gasteiger partial charge in [0.15, 0.2) is 11.5 Å². The van der Waals surface area contributed by atoms with Crippen molar-refractivity contribution >= 4 is 5.91 Å². The molecule has 2 fully saturated rings. The van der Waals surface area contributed by atoms with Gasteiger partial charge in [0.05, 0.1) is 19.8 Å². The number of hydrogen-bond acceptors (Lipinski definition) is 4. The summed E-state index contributed by atoms with van der Waals surface area (Å²) in [4.78, 5) is 15.4. The van der Waals surface area contributed by atoms with E-state index in [1.165, 1.54) is 12.1 Å². The lowest BCUT2D eigenvalue weighted by atomic mass is 9.96. The van der Waals surface area contributed by atoms with Gasteiger partial charge in [-0.3, -0.25) is 9.69 Å². The number of nitrogens with zero attached hydrogens (tertiary/aromatic N) is 1. The standard InChI is InChI=1S/C23H27FN2O3/c1-28-21-5-3-4-20(22(21)29-2)23(27)25-17-12-18-10-11-19(13-17)26(18)14-15-6-8-16(24)9-7-15/h3-9,17-19H,10-14H2,1-2H3,(H,25,27). The second-order valence-corrected chi connectivity index (χ2v) is 7.87. The molecule has 0 spiro atoms. The molecule has 2 heterocycles. The Morgan fingerprint density at radius 2 is 1.76 bits per heavy atom. The van der Waals surface area contributed by atoms with Crippen LogP contribution in [0.1, 0.15) is 41.6 Å². The number of amides is 1. The second-order valence-electron chi connectivity index (χ2n) is 7.87. The lowest BCUT2D eigenvalue weighted by Crippen LogP contribution is -2.50. The second kappa shape index (κ2) is 8.41. The van der Waals surface area contributed by atoms with Crippen molar-refractivity contribution in [1.82, 2.24) is 10.2 Å². The predicted molar refractivity (Wildman–Crippen MR) is 109 cm³/mol. The highest BCUT2D eigenvalue weighted by Crippen LogP contribution is 2.37. The number of para-hydroxylation sites is 1. The fourth-order valence-electron chi connectivity index (χ4n) is 4.78. The maximum absolute atomic E-state index is 13.2. The fourth-order valence-corrected chi connectivity index (χ4v) is 4.78. The van der Waals surface area contributed by atoms with Crippen molar-refractivity contribution in [2.45, 2.75) is 50.4 Å². The molecule has 154 valence electrons. The highest BCUT2D eigenvalue weighted by Gasteiger charge is 2.41. The van der Waals surface area contributed by atoms with Crippen LogP contribution >= 0.6 is 0 Å². The topological polar surface area (TPSA) is 50.8 Å². The van der Waals surface area contributed by atoms with Crippen molar-refractivity contribution in [3.05, 3.63) is 59.4 Å². The molecule has 0 radical (unpaired) electrons. The van der Waals surface area contributed by atoms with E-state index in [0.717, 1.165) is 37.8 Å². The van der Waals surface area contributed by atoms with Crippen molar-refractivity contribution in [3.8, 4) is 11.5 Å². The van der Waals surface area contributed by atoms with Crippen molar-refractivity contribution in [2.24, 2.45) is 0 Å². The lowest BCUT2D eigenvalue weighted by Gasteiger charge is -2.39. The molecule has 1 N–H and O–H groups in total. The summed E-state index contributed by atoms with van der Waals surface area (Å²) in [6.07, 6.45) is 4.13. The summed E-state index contributed by atoms with van der Waals surface area (Å²) in [5.74, 6) is 0.682. The summed E-state index contributed by atoms with van der Waals surface area (Å²) in [6.45, 7) is 0.833. The fraction of sp³-hybridized carbons (Fsp3) is 0.435. The Bertz CT molecular complexity index is 857. The van der Waals surface area contributed by atoms with Gasteiger partial charge in [0.25, 0.3) is 5.91 Å². The van der Waals surface area contributed by atoms with Crippen molar-refractivity contribution in [1.29, 1.82) is 0 Å². The SMILES string of the molecule is COc1cccc(C(=O)NC2CC3CCC(C2)N3Cc2ccc(F)cc2)c1OC. The summed E-state index contributed by atoms with van der Waals surface area (Å²) in [7, 11) is 3.11. The van der Waals surface area contributed by atoms with E-state index in [4.69, 9.17) is 9.47 Å². The van der Waals surface area contributed by atoms with Gasteiger partial charge in [0.2, 0.25) is 0 Å². The molecule has 2 aromatic carbocycles.